The first-order valence-corrected chi connectivity index (χ1v) is 14.4. The molecule has 2 N–H and O–H groups in total. The van der Waals surface area contributed by atoms with Gasteiger partial charge in [-0.25, -0.2) is 0 Å². The molecule has 3 aromatic rings. The summed E-state index contributed by atoms with van der Waals surface area (Å²) in [4.78, 5) is 0. The lowest BCUT2D eigenvalue weighted by Gasteiger charge is -2.38. The number of rotatable bonds is 10. The first-order chi connectivity index (χ1) is 18.9. The van der Waals surface area contributed by atoms with Crippen LogP contribution in [0.4, 0.5) is 0 Å². The third kappa shape index (κ3) is 4.81. The van der Waals surface area contributed by atoms with Gasteiger partial charge in [0, 0.05) is 12.5 Å². The SMILES string of the molecule is CC1(C)C2CCC1(C)C1OC(Oc3cc(OCc4ccccc4)c(OCc4ccccc4)cc3CCN)CC21. The maximum absolute atomic E-state index is 6.67. The van der Waals surface area contributed by atoms with Crippen LogP contribution in [-0.4, -0.2) is 18.9 Å². The molecule has 2 saturated carbocycles. The molecule has 3 fully saturated rings. The smallest absolute Gasteiger partial charge is 0.200 e. The van der Waals surface area contributed by atoms with E-state index < -0.39 is 0 Å². The van der Waals surface area contributed by atoms with Gasteiger partial charge in [-0.15, -0.1) is 0 Å². The van der Waals surface area contributed by atoms with Gasteiger partial charge in [-0.1, -0.05) is 81.4 Å². The van der Waals surface area contributed by atoms with E-state index in [1.54, 1.807) is 0 Å². The highest BCUT2D eigenvalue weighted by Gasteiger charge is 2.69. The molecule has 2 aliphatic carbocycles. The lowest BCUT2D eigenvalue weighted by molar-refractivity contribution is -0.122. The maximum Gasteiger partial charge on any atom is 0.200 e. The maximum atomic E-state index is 6.67. The number of benzene rings is 3. The summed E-state index contributed by atoms with van der Waals surface area (Å²) >= 11 is 0. The molecule has 0 amide bonds. The van der Waals surface area contributed by atoms with Gasteiger partial charge >= 0.3 is 0 Å². The van der Waals surface area contributed by atoms with Crippen LogP contribution in [0.3, 0.4) is 0 Å². The summed E-state index contributed by atoms with van der Waals surface area (Å²) in [5.41, 5.74) is 9.77. The molecule has 0 radical (unpaired) electrons. The predicted octanol–water partition coefficient (Wildman–Crippen LogP) is 6.91. The molecule has 1 saturated heterocycles. The van der Waals surface area contributed by atoms with Crippen molar-refractivity contribution in [1.82, 2.24) is 0 Å². The first-order valence-electron chi connectivity index (χ1n) is 14.4. The Labute approximate surface area is 232 Å². The molecule has 1 aliphatic heterocycles. The van der Waals surface area contributed by atoms with E-state index in [9.17, 15) is 0 Å². The van der Waals surface area contributed by atoms with Gasteiger partial charge < -0.3 is 24.7 Å². The lowest BCUT2D eigenvalue weighted by atomic mass is 9.70. The number of hydrogen-bond acceptors (Lipinski definition) is 5. The van der Waals surface area contributed by atoms with Gasteiger partial charge in [-0.05, 0) is 71.2 Å². The van der Waals surface area contributed by atoms with Crippen LogP contribution in [0, 0.1) is 22.7 Å². The summed E-state index contributed by atoms with van der Waals surface area (Å²) in [6.07, 6.45) is 4.15. The molecule has 3 aromatic carbocycles. The molecule has 3 aliphatic rings. The minimum absolute atomic E-state index is 0.208. The van der Waals surface area contributed by atoms with Crippen molar-refractivity contribution in [3.8, 4) is 17.2 Å². The Morgan fingerprint density at radius 3 is 2.05 bits per heavy atom. The second-order valence-corrected chi connectivity index (χ2v) is 12.3. The summed E-state index contributed by atoms with van der Waals surface area (Å²) in [5.74, 6) is 3.39. The van der Waals surface area contributed by atoms with E-state index in [1.165, 1.54) is 12.8 Å². The van der Waals surface area contributed by atoms with Gasteiger partial charge in [0.05, 0.1) is 6.10 Å². The van der Waals surface area contributed by atoms with Crippen LogP contribution >= 0.6 is 0 Å². The van der Waals surface area contributed by atoms with Gasteiger partial charge in [0.25, 0.3) is 0 Å². The van der Waals surface area contributed by atoms with Crippen LogP contribution in [0.15, 0.2) is 72.8 Å². The highest BCUT2D eigenvalue weighted by atomic mass is 16.7. The minimum Gasteiger partial charge on any atom is -0.485 e. The van der Waals surface area contributed by atoms with Crippen molar-refractivity contribution in [2.24, 2.45) is 28.4 Å². The largest absolute Gasteiger partial charge is 0.485 e. The summed E-state index contributed by atoms with van der Waals surface area (Å²) in [6.45, 7) is 8.71. The highest BCUT2D eigenvalue weighted by molar-refractivity contribution is 5.51. The summed E-state index contributed by atoms with van der Waals surface area (Å²) in [6, 6.07) is 24.4. The quantitative estimate of drug-likeness (QED) is 0.310. The van der Waals surface area contributed by atoms with Gasteiger partial charge in [0.1, 0.15) is 19.0 Å². The number of ether oxygens (including phenoxy) is 4. The average molecular weight is 528 g/mol. The Morgan fingerprint density at radius 1 is 0.846 bits per heavy atom. The van der Waals surface area contributed by atoms with E-state index in [0.717, 1.165) is 28.9 Å². The van der Waals surface area contributed by atoms with Gasteiger partial charge in [0.15, 0.2) is 11.5 Å². The topological polar surface area (TPSA) is 62.9 Å². The molecule has 0 spiro atoms. The molecule has 5 unspecified atom stereocenters. The number of fused-ring (bicyclic) bond motifs is 5. The third-order valence-electron chi connectivity index (χ3n) is 9.94. The Bertz CT molecular complexity index is 1280. The van der Waals surface area contributed by atoms with E-state index in [-0.39, 0.29) is 17.8 Å². The minimum atomic E-state index is -0.259. The number of nitrogens with two attached hydrogens (primary N) is 1. The van der Waals surface area contributed by atoms with Crippen LogP contribution in [0.5, 0.6) is 17.2 Å². The van der Waals surface area contributed by atoms with Crippen molar-refractivity contribution in [3.05, 3.63) is 89.5 Å². The average Bonchev–Trinajstić information content (AvgIpc) is 3.52. The summed E-state index contributed by atoms with van der Waals surface area (Å²) < 4.78 is 25.9. The van der Waals surface area contributed by atoms with Crippen LogP contribution < -0.4 is 19.9 Å². The second-order valence-electron chi connectivity index (χ2n) is 12.3. The van der Waals surface area contributed by atoms with Crippen molar-refractivity contribution in [2.75, 3.05) is 6.54 Å². The lowest BCUT2D eigenvalue weighted by Crippen LogP contribution is -2.38. The van der Waals surface area contributed by atoms with E-state index in [4.69, 9.17) is 24.7 Å². The van der Waals surface area contributed by atoms with E-state index in [1.807, 2.05) is 48.5 Å². The normalized spacial score (nSPS) is 28.3. The molecule has 1 heterocycles. The molecule has 206 valence electrons. The molecular weight excluding hydrogens is 486 g/mol. The van der Waals surface area contributed by atoms with E-state index in [2.05, 4.69) is 45.0 Å². The molecule has 6 rings (SSSR count). The van der Waals surface area contributed by atoms with Crippen LogP contribution in [0.25, 0.3) is 0 Å². The van der Waals surface area contributed by atoms with Crippen molar-refractivity contribution in [2.45, 2.75) is 72.1 Å². The zero-order valence-corrected chi connectivity index (χ0v) is 23.4. The fourth-order valence-corrected chi connectivity index (χ4v) is 7.44. The predicted molar refractivity (Wildman–Crippen MR) is 153 cm³/mol. The monoisotopic (exact) mass is 527 g/mol. The zero-order valence-electron chi connectivity index (χ0n) is 23.4. The Balaban J connectivity index is 1.25. The molecule has 2 bridgehead atoms. The molecule has 0 aromatic heterocycles. The van der Waals surface area contributed by atoms with Crippen molar-refractivity contribution in [3.63, 3.8) is 0 Å². The fraction of sp³-hybridized carbons (Fsp3) is 0.471. The Morgan fingerprint density at radius 2 is 1.46 bits per heavy atom. The van der Waals surface area contributed by atoms with E-state index >= 15 is 0 Å². The van der Waals surface area contributed by atoms with Crippen molar-refractivity contribution < 1.29 is 18.9 Å². The van der Waals surface area contributed by atoms with Gasteiger partial charge in [-0.3, -0.25) is 0 Å². The van der Waals surface area contributed by atoms with Gasteiger partial charge in [-0.2, -0.15) is 0 Å². The molecule has 5 nitrogen and oxygen atoms in total. The third-order valence-corrected chi connectivity index (χ3v) is 9.94. The second kappa shape index (κ2) is 10.5. The van der Waals surface area contributed by atoms with Crippen LogP contribution in [0.1, 0.15) is 56.7 Å². The number of hydrogen-bond donors (Lipinski definition) is 1. The fourth-order valence-electron chi connectivity index (χ4n) is 7.44. The molecular formula is C34H41NO4. The van der Waals surface area contributed by atoms with Crippen LogP contribution in [-0.2, 0) is 24.4 Å². The van der Waals surface area contributed by atoms with Crippen LogP contribution in [0.2, 0.25) is 0 Å². The standard InChI is InChI=1S/C34H41NO4/c1-33(2)27-14-16-34(33,3)32-26(27)19-31(39-32)38-28-20-30(37-22-24-12-8-5-9-13-24)29(18-25(28)15-17-35)36-21-23-10-6-4-7-11-23/h4-13,18,20,26-27,31-32H,14-17,19,21-22,35H2,1-3H3. The summed E-state index contributed by atoms with van der Waals surface area (Å²) in [7, 11) is 0. The zero-order chi connectivity index (χ0) is 27.0. The highest BCUT2D eigenvalue weighted by Crippen LogP contribution is 2.71. The van der Waals surface area contributed by atoms with Gasteiger partial charge in [0.2, 0.25) is 6.29 Å². The van der Waals surface area contributed by atoms with Crippen molar-refractivity contribution in [1.29, 1.82) is 0 Å². The Hall–Kier alpha value is -3.02. The van der Waals surface area contributed by atoms with E-state index in [0.29, 0.717) is 54.9 Å². The molecule has 39 heavy (non-hydrogen) atoms. The Kier molecular flexibility index (Phi) is 7.07. The summed E-state index contributed by atoms with van der Waals surface area (Å²) in [5, 5.41) is 0. The first kappa shape index (κ1) is 26.2. The molecule has 5 heteroatoms. The van der Waals surface area contributed by atoms with Crippen molar-refractivity contribution >= 4 is 0 Å². The molecule has 5 atom stereocenters.